The normalized spacial score (nSPS) is 11.0. The molecule has 19 heavy (non-hydrogen) atoms. The number of nitrogens with zero attached hydrogens (tertiary/aromatic N) is 2. The minimum atomic E-state index is 0.608. The van der Waals surface area contributed by atoms with E-state index >= 15 is 0 Å². The summed E-state index contributed by atoms with van der Waals surface area (Å²) >= 11 is 3.51. The molecule has 1 N–H and O–H groups in total. The van der Waals surface area contributed by atoms with Gasteiger partial charge in [0, 0.05) is 17.2 Å². The maximum Gasteiger partial charge on any atom is 0.203 e. The van der Waals surface area contributed by atoms with Gasteiger partial charge < -0.3 is 9.88 Å². The van der Waals surface area contributed by atoms with E-state index in [1.54, 1.807) is 0 Å². The van der Waals surface area contributed by atoms with E-state index < -0.39 is 0 Å². The number of anilines is 1. The zero-order valence-electron chi connectivity index (χ0n) is 11.7. The molecule has 2 rings (SSSR count). The first-order chi connectivity index (χ1) is 9.04. The van der Waals surface area contributed by atoms with Crippen molar-refractivity contribution in [3.05, 3.63) is 46.2 Å². The van der Waals surface area contributed by atoms with Crippen LogP contribution in [0.4, 0.5) is 5.95 Å². The van der Waals surface area contributed by atoms with Crippen LogP contribution in [0.5, 0.6) is 0 Å². The topological polar surface area (TPSA) is 29.9 Å². The molecule has 1 heterocycles. The first-order valence-corrected chi connectivity index (χ1v) is 7.36. The molecule has 0 spiro atoms. The average molecular weight is 322 g/mol. The number of aryl methyl sites for hydroxylation is 1. The largest absolute Gasteiger partial charge is 0.355 e. The molecule has 0 atom stereocenters. The fourth-order valence-electron chi connectivity index (χ4n) is 1.94. The van der Waals surface area contributed by atoms with E-state index in [4.69, 9.17) is 0 Å². The van der Waals surface area contributed by atoms with Crippen molar-refractivity contribution in [2.75, 3.05) is 11.9 Å². The second kappa shape index (κ2) is 6.24. The number of benzene rings is 1. The second-order valence-electron chi connectivity index (χ2n) is 5.24. The van der Waals surface area contributed by atoms with Crippen molar-refractivity contribution >= 4 is 21.9 Å². The Balaban J connectivity index is 2.15. The lowest BCUT2D eigenvalue weighted by Gasteiger charge is -2.11. The van der Waals surface area contributed by atoms with Gasteiger partial charge in [-0.15, -0.1) is 0 Å². The Hall–Kier alpha value is -1.29. The molecule has 0 bridgehead atoms. The van der Waals surface area contributed by atoms with Gasteiger partial charge in [-0.2, -0.15) is 0 Å². The molecule has 1 aromatic heterocycles. The number of rotatable bonds is 5. The van der Waals surface area contributed by atoms with Gasteiger partial charge in [0.15, 0.2) is 0 Å². The SMILES string of the molecule is Cc1cn(Cc2cccc(Br)c2)c(NCC(C)C)n1. The number of aromatic nitrogens is 2. The summed E-state index contributed by atoms with van der Waals surface area (Å²) in [6, 6.07) is 8.37. The van der Waals surface area contributed by atoms with Gasteiger partial charge in [0.05, 0.1) is 12.2 Å². The zero-order valence-corrected chi connectivity index (χ0v) is 13.2. The molecule has 102 valence electrons. The summed E-state index contributed by atoms with van der Waals surface area (Å²) in [7, 11) is 0. The summed E-state index contributed by atoms with van der Waals surface area (Å²) in [5.74, 6) is 1.56. The number of halogens is 1. The van der Waals surface area contributed by atoms with Crippen molar-refractivity contribution in [2.45, 2.75) is 27.3 Å². The lowest BCUT2D eigenvalue weighted by molar-refractivity contribution is 0.676. The van der Waals surface area contributed by atoms with Gasteiger partial charge in [0.2, 0.25) is 5.95 Å². The highest BCUT2D eigenvalue weighted by Gasteiger charge is 2.06. The first-order valence-electron chi connectivity index (χ1n) is 6.56. The lowest BCUT2D eigenvalue weighted by atomic mass is 10.2. The molecule has 0 aliphatic carbocycles. The highest BCUT2D eigenvalue weighted by atomic mass is 79.9. The number of imidazole rings is 1. The van der Waals surface area contributed by atoms with Gasteiger partial charge in [-0.3, -0.25) is 0 Å². The fraction of sp³-hybridized carbons (Fsp3) is 0.400. The van der Waals surface area contributed by atoms with Gasteiger partial charge in [0.1, 0.15) is 0 Å². The number of hydrogen-bond acceptors (Lipinski definition) is 2. The van der Waals surface area contributed by atoms with Crippen LogP contribution in [-0.2, 0) is 6.54 Å². The molecule has 1 aromatic carbocycles. The summed E-state index contributed by atoms with van der Waals surface area (Å²) in [4.78, 5) is 4.54. The van der Waals surface area contributed by atoms with Gasteiger partial charge in [-0.1, -0.05) is 41.9 Å². The van der Waals surface area contributed by atoms with E-state index in [9.17, 15) is 0 Å². The second-order valence-corrected chi connectivity index (χ2v) is 6.15. The Bertz CT molecular complexity index is 546. The molecule has 0 saturated carbocycles. The summed E-state index contributed by atoms with van der Waals surface area (Å²) in [5.41, 5.74) is 2.31. The van der Waals surface area contributed by atoms with E-state index in [1.807, 2.05) is 13.0 Å². The van der Waals surface area contributed by atoms with Crippen LogP contribution in [0.1, 0.15) is 25.1 Å². The van der Waals surface area contributed by atoms with Crippen LogP contribution in [0, 0.1) is 12.8 Å². The van der Waals surface area contributed by atoms with Gasteiger partial charge >= 0.3 is 0 Å². The van der Waals surface area contributed by atoms with Crippen molar-refractivity contribution in [3.63, 3.8) is 0 Å². The molecule has 0 fully saturated rings. The molecule has 0 aliphatic rings. The molecular weight excluding hydrogens is 302 g/mol. The standard InChI is InChI=1S/C15H20BrN3/c1-11(2)8-17-15-18-12(3)9-19(15)10-13-5-4-6-14(16)7-13/h4-7,9,11H,8,10H2,1-3H3,(H,17,18). The van der Waals surface area contributed by atoms with E-state index in [0.29, 0.717) is 5.92 Å². The third-order valence-corrected chi connectivity index (χ3v) is 3.30. The van der Waals surface area contributed by atoms with E-state index in [-0.39, 0.29) is 0 Å². The maximum absolute atomic E-state index is 4.54. The first kappa shape index (κ1) is 14.1. The van der Waals surface area contributed by atoms with Crippen LogP contribution in [0.25, 0.3) is 0 Å². The minimum Gasteiger partial charge on any atom is -0.355 e. The highest BCUT2D eigenvalue weighted by molar-refractivity contribution is 9.10. The molecule has 4 heteroatoms. The Morgan fingerprint density at radius 2 is 2.16 bits per heavy atom. The minimum absolute atomic E-state index is 0.608. The van der Waals surface area contributed by atoms with Crippen LogP contribution in [0.3, 0.4) is 0 Å². The predicted octanol–water partition coefficient (Wildman–Crippen LogP) is 4.07. The van der Waals surface area contributed by atoms with Crippen molar-refractivity contribution in [1.29, 1.82) is 0 Å². The Kier molecular flexibility index (Phi) is 4.64. The molecule has 0 amide bonds. The van der Waals surface area contributed by atoms with Crippen molar-refractivity contribution in [2.24, 2.45) is 5.92 Å². The van der Waals surface area contributed by atoms with Crippen molar-refractivity contribution in [3.8, 4) is 0 Å². The Morgan fingerprint density at radius 1 is 1.37 bits per heavy atom. The summed E-state index contributed by atoms with van der Waals surface area (Å²) in [6.45, 7) is 8.19. The average Bonchev–Trinajstić information content (AvgIpc) is 2.67. The Morgan fingerprint density at radius 3 is 2.84 bits per heavy atom. The number of hydrogen-bond donors (Lipinski definition) is 1. The monoisotopic (exact) mass is 321 g/mol. The molecule has 3 nitrogen and oxygen atoms in total. The van der Waals surface area contributed by atoms with Crippen LogP contribution >= 0.6 is 15.9 Å². The third kappa shape index (κ3) is 4.10. The molecule has 2 aromatic rings. The molecule has 0 aliphatic heterocycles. The van der Waals surface area contributed by atoms with Crippen LogP contribution in [0.15, 0.2) is 34.9 Å². The lowest BCUT2D eigenvalue weighted by Crippen LogP contribution is -2.13. The summed E-state index contributed by atoms with van der Waals surface area (Å²) < 4.78 is 3.28. The quantitative estimate of drug-likeness (QED) is 0.899. The van der Waals surface area contributed by atoms with Crippen LogP contribution in [0.2, 0.25) is 0 Å². The van der Waals surface area contributed by atoms with Gasteiger partial charge in [-0.25, -0.2) is 4.98 Å². The predicted molar refractivity (Wildman–Crippen MR) is 83.5 cm³/mol. The third-order valence-electron chi connectivity index (χ3n) is 2.81. The fourth-order valence-corrected chi connectivity index (χ4v) is 2.38. The maximum atomic E-state index is 4.54. The Labute approximate surface area is 123 Å². The van der Waals surface area contributed by atoms with Gasteiger partial charge in [-0.05, 0) is 30.5 Å². The van der Waals surface area contributed by atoms with Crippen molar-refractivity contribution < 1.29 is 0 Å². The zero-order chi connectivity index (χ0) is 13.8. The van der Waals surface area contributed by atoms with E-state index in [0.717, 1.165) is 29.2 Å². The van der Waals surface area contributed by atoms with Crippen LogP contribution in [-0.4, -0.2) is 16.1 Å². The summed E-state index contributed by atoms with van der Waals surface area (Å²) in [6.07, 6.45) is 2.09. The molecule has 0 radical (unpaired) electrons. The smallest absolute Gasteiger partial charge is 0.203 e. The molecule has 0 saturated heterocycles. The van der Waals surface area contributed by atoms with E-state index in [1.165, 1.54) is 5.56 Å². The van der Waals surface area contributed by atoms with Crippen molar-refractivity contribution in [1.82, 2.24) is 9.55 Å². The molecular formula is C15H20BrN3. The van der Waals surface area contributed by atoms with Gasteiger partial charge in [0.25, 0.3) is 0 Å². The number of nitrogens with one attached hydrogen (secondary N) is 1. The molecule has 0 unspecified atom stereocenters. The highest BCUT2D eigenvalue weighted by Crippen LogP contribution is 2.16. The summed E-state index contributed by atoms with van der Waals surface area (Å²) in [5, 5.41) is 3.41. The van der Waals surface area contributed by atoms with E-state index in [2.05, 4.69) is 69.0 Å². The van der Waals surface area contributed by atoms with Crippen LogP contribution < -0.4 is 5.32 Å².